The Morgan fingerprint density at radius 3 is 2.11 bits per heavy atom. The second-order valence-electron chi connectivity index (χ2n) is 1.47. The van der Waals surface area contributed by atoms with Crippen LogP contribution < -0.4 is 24.8 Å². The molecule has 0 aliphatic heterocycles. The summed E-state index contributed by atoms with van der Waals surface area (Å²) in [6, 6.07) is 0. The molecule has 0 aromatic rings. The molecule has 0 nitrogen and oxygen atoms in total. The first kappa shape index (κ1) is 16.3. The molecule has 0 bridgehead atoms. The van der Waals surface area contributed by atoms with Crippen molar-refractivity contribution in [2.45, 2.75) is 13.3 Å². The van der Waals surface area contributed by atoms with Gasteiger partial charge in [-0.2, -0.15) is 6.08 Å². The second-order valence-corrected chi connectivity index (χ2v) is 1.47. The maximum Gasteiger partial charge on any atom is 3.00 e. The van der Waals surface area contributed by atoms with Gasteiger partial charge in [-0.15, -0.1) is 6.42 Å². The topological polar surface area (TPSA) is 0 Å². The van der Waals surface area contributed by atoms with Gasteiger partial charge in [0.15, 0.2) is 0 Å². The first-order valence-corrected chi connectivity index (χ1v) is 2.13. The van der Waals surface area contributed by atoms with Crippen molar-refractivity contribution in [3.8, 4) is 0 Å². The van der Waals surface area contributed by atoms with Crippen LogP contribution in [0.3, 0.4) is 0 Å². The SMILES string of the molecule is CC1=[C-]CC=C1.[Cl-].[Cl-].[Ru+3]. The quantitative estimate of drug-likeness (QED) is 0.302. The molecule has 3 heteroatoms. The van der Waals surface area contributed by atoms with Crippen molar-refractivity contribution in [2.75, 3.05) is 0 Å². The van der Waals surface area contributed by atoms with E-state index < -0.39 is 0 Å². The van der Waals surface area contributed by atoms with E-state index in [0.717, 1.165) is 6.42 Å². The zero-order chi connectivity index (χ0) is 4.41. The third-order valence-electron chi connectivity index (χ3n) is 0.867. The van der Waals surface area contributed by atoms with Gasteiger partial charge in [-0.25, -0.2) is 11.6 Å². The fourth-order valence-electron chi connectivity index (χ4n) is 0.515. The molecule has 0 saturated heterocycles. The van der Waals surface area contributed by atoms with E-state index in [9.17, 15) is 0 Å². The Kier molecular flexibility index (Phi) is 15.8. The minimum atomic E-state index is 0. The van der Waals surface area contributed by atoms with Gasteiger partial charge >= 0.3 is 19.5 Å². The van der Waals surface area contributed by atoms with E-state index in [0.29, 0.717) is 0 Å². The Morgan fingerprint density at radius 1 is 1.44 bits per heavy atom. The molecule has 1 aliphatic rings. The van der Waals surface area contributed by atoms with Crippen LogP contribution in [0.2, 0.25) is 0 Å². The summed E-state index contributed by atoms with van der Waals surface area (Å²) in [5.41, 5.74) is 1.27. The van der Waals surface area contributed by atoms with Crippen LogP contribution in [-0.4, -0.2) is 0 Å². The van der Waals surface area contributed by atoms with Gasteiger partial charge < -0.3 is 24.8 Å². The normalized spacial score (nSPS) is 12.3. The maximum atomic E-state index is 3.12. The Bertz CT molecular complexity index is 105. The fraction of sp³-hybridized carbons (Fsp3) is 0.333. The summed E-state index contributed by atoms with van der Waals surface area (Å²) in [6.45, 7) is 2.06. The van der Waals surface area contributed by atoms with Crippen LogP contribution in [0.5, 0.6) is 0 Å². The summed E-state index contributed by atoms with van der Waals surface area (Å²) in [7, 11) is 0. The van der Waals surface area contributed by atoms with E-state index >= 15 is 0 Å². The van der Waals surface area contributed by atoms with Crippen LogP contribution >= 0.6 is 0 Å². The van der Waals surface area contributed by atoms with Gasteiger partial charge in [0.1, 0.15) is 0 Å². The minimum absolute atomic E-state index is 0. The predicted octanol–water partition coefficient (Wildman–Crippen LogP) is -4.30. The smallest absolute Gasteiger partial charge is 1.00 e. The van der Waals surface area contributed by atoms with E-state index in [4.69, 9.17) is 0 Å². The Labute approximate surface area is 81.4 Å². The Morgan fingerprint density at radius 2 is 2.00 bits per heavy atom. The summed E-state index contributed by atoms with van der Waals surface area (Å²) in [5, 5.41) is 0. The van der Waals surface area contributed by atoms with Gasteiger partial charge in [0.25, 0.3) is 0 Å². The number of halogens is 2. The molecule has 1 radical (unpaired) electrons. The van der Waals surface area contributed by atoms with Gasteiger partial charge in [-0.1, -0.05) is 6.92 Å². The summed E-state index contributed by atoms with van der Waals surface area (Å²) < 4.78 is 0. The largest absolute Gasteiger partial charge is 3.00 e. The molecule has 1 rings (SSSR count). The second kappa shape index (κ2) is 8.68. The van der Waals surface area contributed by atoms with Crippen molar-refractivity contribution in [1.29, 1.82) is 0 Å². The first-order valence-electron chi connectivity index (χ1n) is 2.13. The van der Waals surface area contributed by atoms with Gasteiger partial charge in [0.05, 0.1) is 0 Å². The molecule has 0 heterocycles. The minimum Gasteiger partial charge on any atom is -1.00 e. The number of allylic oxidation sites excluding steroid dienone is 4. The molecule has 53 valence electrons. The van der Waals surface area contributed by atoms with Crippen molar-refractivity contribution < 1.29 is 44.3 Å². The third-order valence-corrected chi connectivity index (χ3v) is 0.867. The average molecular weight is 251 g/mol. The molecule has 1 aliphatic carbocycles. The molecule has 0 aromatic carbocycles. The molecule has 0 saturated carbocycles. The molecule has 0 spiro atoms. The zero-order valence-corrected chi connectivity index (χ0v) is 8.22. The molecular weight excluding hydrogens is 244 g/mol. The molecule has 0 atom stereocenters. The van der Waals surface area contributed by atoms with Crippen LogP contribution in [0.15, 0.2) is 17.7 Å². The Balaban J connectivity index is -0.000000120. The number of rotatable bonds is 0. The van der Waals surface area contributed by atoms with Crippen LogP contribution in [0.1, 0.15) is 13.3 Å². The van der Waals surface area contributed by atoms with Gasteiger partial charge in [0, 0.05) is 0 Å². The van der Waals surface area contributed by atoms with E-state index in [2.05, 4.69) is 25.2 Å². The van der Waals surface area contributed by atoms with Crippen molar-refractivity contribution in [3.63, 3.8) is 0 Å². The van der Waals surface area contributed by atoms with Gasteiger partial charge in [-0.3, -0.25) is 6.08 Å². The van der Waals surface area contributed by atoms with Crippen LogP contribution in [0.25, 0.3) is 0 Å². The summed E-state index contributed by atoms with van der Waals surface area (Å²) in [5.74, 6) is 0. The Hall–Kier alpha value is 0.683. The molecule has 0 N–H and O–H groups in total. The molecule has 0 aromatic heterocycles. The number of hydrogen-bond acceptors (Lipinski definition) is 0. The van der Waals surface area contributed by atoms with E-state index in [1.807, 2.05) is 0 Å². The van der Waals surface area contributed by atoms with E-state index in [-0.39, 0.29) is 44.3 Å². The molecule has 0 amide bonds. The standard InChI is InChI=1S/C6H7.2ClH.Ru/c1-6-4-2-3-5-6;;;/h2,4H,3H2,1H3;2*1H;/q-1;;;+3/p-2. The summed E-state index contributed by atoms with van der Waals surface area (Å²) >= 11 is 0. The third kappa shape index (κ3) is 6.57. The molecular formula is C6H7Cl2Ru. The summed E-state index contributed by atoms with van der Waals surface area (Å²) in [4.78, 5) is 0. The van der Waals surface area contributed by atoms with Crippen LogP contribution in [0, 0.1) is 6.08 Å². The van der Waals surface area contributed by atoms with Gasteiger partial charge in [-0.05, 0) is 0 Å². The van der Waals surface area contributed by atoms with Crippen molar-refractivity contribution >= 4 is 0 Å². The van der Waals surface area contributed by atoms with Crippen molar-refractivity contribution in [1.82, 2.24) is 0 Å². The average Bonchev–Trinajstić information content (AvgIpc) is 1.86. The summed E-state index contributed by atoms with van der Waals surface area (Å²) in [6.07, 6.45) is 8.33. The van der Waals surface area contributed by atoms with E-state index in [1.54, 1.807) is 0 Å². The first-order chi connectivity index (χ1) is 2.89. The number of hydrogen-bond donors (Lipinski definition) is 0. The monoisotopic (exact) mass is 251 g/mol. The zero-order valence-electron chi connectivity index (χ0n) is 4.97. The van der Waals surface area contributed by atoms with Crippen molar-refractivity contribution in [3.05, 3.63) is 23.8 Å². The maximum absolute atomic E-state index is 3.12. The molecule has 9 heavy (non-hydrogen) atoms. The fourth-order valence-corrected chi connectivity index (χ4v) is 0.515. The predicted molar refractivity (Wildman–Crippen MR) is 26.2 cm³/mol. The van der Waals surface area contributed by atoms with E-state index in [1.165, 1.54) is 5.57 Å². The van der Waals surface area contributed by atoms with Crippen molar-refractivity contribution in [2.24, 2.45) is 0 Å². The van der Waals surface area contributed by atoms with Crippen LogP contribution in [-0.2, 0) is 19.5 Å². The van der Waals surface area contributed by atoms with Gasteiger partial charge in [0.2, 0.25) is 0 Å². The molecule has 0 unspecified atom stereocenters. The van der Waals surface area contributed by atoms with Crippen LogP contribution in [0.4, 0.5) is 0 Å². The molecule has 0 fully saturated rings.